The van der Waals surface area contributed by atoms with E-state index in [2.05, 4.69) is 58.6 Å². The summed E-state index contributed by atoms with van der Waals surface area (Å²) in [6.45, 7) is 4.89. The zero-order valence-corrected chi connectivity index (χ0v) is 15.6. The van der Waals surface area contributed by atoms with Gasteiger partial charge in [-0.25, -0.2) is 0 Å². The Balaban J connectivity index is 1.56. The number of nitrogens with one attached hydrogen (secondary N) is 1. The molecule has 138 valence electrons. The molecule has 1 atom stereocenters. The first kappa shape index (κ1) is 18.6. The second kappa shape index (κ2) is 9.51. The van der Waals surface area contributed by atoms with E-state index in [0.717, 1.165) is 32.6 Å². The van der Waals surface area contributed by atoms with Gasteiger partial charge in [0.25, 0.3) is 0 Å². The standard InChI is InChI=1S/C22H29N3O/c1-24-14-16-25(17-15-24)21(20-10-6-3-7-11-20)18-23-22(26)13-12-19-8-4-2-5-9-19/h2-11,21H,12-18H2,1H3,(H,23,26). The van der Waals surface area contributed by atoms with Gasteiger partial charge in [0.1, 0.15) is 0 Å². The maximum atomic E-state index is 12.3. The Morgan fingerprint density at radius 2 is 1.58 bits per heavy atom. The minimum absolute atomic E-state index is 0.129. The zero-order valence-electron chi connectivity index (χ0n) is 15.6. The molecule has 1 aliphatic heterocycles. The van der Waals surface area contributed by atoms with E-state index in [9.17, 15) is 4.79 Å². The maximum Gasteiger partial charge on any atom is 0.220 e. The van der Waals surface area contributed by atoms with Crippen molar-refractivity contribution in [1.82, 2.24) is 15.1 Å². The number of piperazine rings is 1. The van der Waals surface area contributed by atoms with Gasteiger partial charge in [-0.05, 0) is 24.6 Å². The number of carbonyl (C=O) groups excluding carboxylic acids is 1. The molecule has 2 aromatic carbocycles. The van der Waals surface area contributed by atoms with E-state index in [0.29, 0.717) is 13.0 Å². The largest absolute Gasteiger partial charge is 0.354 e. The Labute approximate surface area is 156 Å². The SMILES string of the molecule is CN1CCN(C(CNC(=O)CCc2ccccc2)c2ccccc2)CC1. The third-order valence-electron chi connectivity index (χ3n) is 5.14. The van der Waals surface area contributed by atoms with Crippen LogP contribution in [0.1, 0.15) is 23.6 Å². The van der Waals surface area contributed by atoms with Crippen molar-refractivity contribution in [2.24, 2.45) is 0 Å². The van der Waals surface area contributed by atoms with Crippen LogP contribution in [0.3, 0.4) is 0 Å². The number of aryl methyl sites for hydroxylation is 1. The summed E-state index contributed by atoms with van der Waals surface area (Å²) in [7, 11) is 2.17. The summed E-state index contributed by atoms with van der Waals surface area (Å²) >= 11 is 0. The summed E-state index contributed by atoms with van der Waals surface area (Å²) in [6.07, 6.45) is 1.32. The van der Waals surface area contributed by atoms with Crippen molar-refractivity contribution in [2.45, 2.75) is 18.9 Å². The molecule has 3 rings (SSSR count). The van der Waals surface area contributed by atoms with Gasteiger partial charge in [0.2, 0.25) is 5.91 Å². The van der Waals surface area contributed by atoms with Gasteiger partial charge in [-0.2, -0.15) is 0 Å². The van der Waals surface area contributed by atoms with Gasteiger partial charge in [0, 0.05) is 39.1 Å². The molecule has 0 saturated carbocycles. The number of carbonyl (C=O) groups is 1. The number of rotatable bonds is 7. The second-order valence-corrected chi connectivity index (χ2v) is 7.06. The van der Waals surface area contributed by atoms with Crippen LogP contribution in [0.15, 0.2) is 60.7 Å². The van der Waals surface area contributed by atoms with Crippen LogP contribution in [-0.2, 0) is 11.2 Å². The van der Waals surface area contributed by atoms with Crippen molar-refractivity contribution < 1.29 is 4.79 Å². The van der Waals surface area contributed by atoms with Crippen LogP contribution in [0.4, 0.5) is 0 Å². The lowest BCUT2D eigenvalue weighted by Gasteiger charge is -2.38. The van der Waals surface area contributed by atoms with Gasteiger partial charge in [0.15, 0.2) is 0 Å². The van der Waals surface area contributed by atoms with Crippen LogP contribution in [0.2, 0.25) is 0 Å². The normalized spacial score (nSPS) is 17.0. The monoisotopic (exact) mass is 351 g/mol. The number of amides is 1. The Bertz CT molecular complexity index is 666. The van der Waals surface area contributed by atoms with Crippen LogP contribution >= 0.6 is 0 Å². The number of hydrogen-bond donors (Lipinski definition) is 1. The molecule has 0 bridgehead atoms. The highest BCUT2D eigenvalue weighted by Crippen LogP contribution is 2.21. The Hall–Kier alpha value is -2.17. The molecule has 0 spiro atoms. The third kappa shape index (κ3) is 5.41. The molecule has 1 saturated heterocycles. The van der Waals surface area contributed by atoms with Crippen molar-refractivity contribution in [3.8, 4) is 0 Å². The highest BCUT2D eigenvalue weighted by molar-refractivity contribution is 5.76. The average molecular weight is 351 g/mol. The highest BCUT2D eigenvalue weighted by Gasteiger charge is 2.24. The fraction of sp³-hybridized carbons (Fsp3) is 0.409. The summed E-state index contributed by atoms with van der Waals surface area (Å²) in [5.41, 5.74) is 2.49. The lowest BCUT2D eigenvalue weighted by molar-refractivity contribution is -0.121. The van der Waals surface area contributed by atoms with E-state index < -0.39 is 0 Å². The summed E-state index contributed by atoms with van der Waals surface area (Å²) < 4.78 is 0. The molecular formula is C22H29N3O. The summed E-state index contributed by atoms with van der Waals surface area (Å²) in [5.74, 6) is 0.129. The van der Waals surface area contributed by atoms with Crippen molar-refractivity contribution in [1.29, 1.82) is 0 Å². The molecule has 1 amide bonds. The predicted molar refractivity (Wildman–Crippen MR) is 106 cm³/mol. The average Bonchev–Trinajstić information content (AvgIpc) is 2.69. The third-order valence-corrected chi connectivity index (χ3v) is 5.14. The molecule has 0 aliphatic carbocycles. The molecule has 1 unspecified atom stereocenters. The van der Waals surface area contributed by atoms with Crippen LogP contribution in [0.5, 0.6) is 0 Å². The molecule has 1 aliphatic rings. The van der Waals surface area contributed by atoms with Crippen molar-refractivity contribution in [3.63, 3.8) is 0 Å². The lowest BCUT2D eigenvalue weighted by Crippen LogP contribution is -2.48. The van der Waals surface area contributed by atoms with E-state index >= 15 is 0 Å². The Morgan fingerprint density at radius 3 is 2.23 bits per heavy atom. The molecule has 4 nitrogen and oxygen atoms in total. The summed E-state index contributed by atoms with van der Waals surface area (Å²) in [6, 6.07) is 21.0. The number of likely N-dealkylation sites (N-methyl/N-ethyl adjacent to an activating group) is 1. The van der Waals surface area contributed by atoms with Crippen LogP contribution in [0.25, 0.3) is 0 Å². The molecule has 0 aromatic heterocycles. The molecule has 26 heavy (non-hydrogen) atoms. The zero-order chi connectivity index (χ0) is 18.2. The molecule has 4 heteroatoms. The fourth-order valence-corrected chi connectivity index (χ4v) is 3.47. The first-order valence-electron chi connectivity index (χ1n) is 9.50. The van der Waals surface area contributed by atoms with Crippen LogP contribution in [-0.4, -0.2) is 55.5 Å². The smallest absolute Gasteiger partial charge is 0.220 e. The number of hydrogen-bond acceptors (Lipinski definition) is 3. The van der Waals surface area contributed by atoms with E-state index in [4.69, 9.17) is 0 Å². The van der Waals surface area contributed by atoms with Gasteiger partial charge >= 0.3 is 0 Å². The minimum atomic E-state index is 0.129. The van der Waals surface area contributed by atoms with Crippen LogP contribution < -0.4 is 5.32 Å². The Morgan fingerprint density at radius 1 is 0.962 bits per heavy atom. The maximum absolute atomic E-state index is 12.3. The van der Waals surface area contributed by atoms with E-state index in [1.807, 2.05) is 24.3 Å². The van der Waals surface area contributed by atoms with Gasteiger partial charge < -0.3 is 10.2 Å². The number of nitrogens with zero attached hydrogens (tertiary/aromatic N) is 2. The molecule has 0 radical (unpaired) electrons. The first-order chi connectivity index (χ1) is 12.7. The van der Waals surface area contributed by atoms with Gasteiger partial charge in [-0.1, -0.05) is 60.7 Å². The molecule has 1 N–H and O–H groups in total. The molecule has 1 heterocycles. The van der Waals surface area contributed by atoms with Gasteiger partial charge in [-0.3, -0.25) is 9.69 Å². The van der Waals surface area contributed by atoms with E-state index in [-0.39, 0.29) is 11.9 Å². The van der Waals surface area contributed by atoms with Crippen molar-refractivity contribution in [3.05, 3.63) is 71.8 Å². The minimum Gasteiger partial charge on any atom is -0.354 e. The molecule has 1 fully saturated rings. The van der Waals surface area contributed by atoms with Crippen molar-refractivity contribution in [2.75, 3.05) is 39.8 Å². The highest BCUT2D eigenvalue weighted by atomic mass is 16.1. The quantitative estimate of drug-likeness (QED) is 0.833. The second-order valence-electron chi connectivity index (χ2n) is 7.06. The lowest BCUT2D eigenvalue weighted by atomic mass is 10.0. The van der Waals surface area contributed by atoms with E-state index in [1.54, 1.807) is 0 Å². The topological polar surface area (TPSA) is 35.6 Å². The predicted octanol–water partition coefficient (Wildman–Crippen LogP) is 2.72. The molecular weight excluding hydrogens is 322 g/mol. The number of benzene rings is 2. The first-order valence-corrected chi connectivity index (χ1v) is 9.50. The van der Waals surface area contributed by atoms with Crippen molar-refractivity contribution >= 4 is 5.91 Å². The molecule has 2 aromatic rings. The van der Waals surface area contributed by atoms with Crippen LogP contribution in [0, 0.1) is 0 Å². The Kier molecular flexibility index (Phi) is 6.81. The fourth-order valence-electron chi connectivity index (χ4n) is 3.47. The van der Waals surface area contributed by atoms with Gasteiger partial charge in [-0.15, -0.1) is 0 Å². The summed E-state index contributed by atoms with van der Waals surface area (Å²) in [5, 5.41) is 3.17. The summed E-state index contributed by atoms with van der Waals surface area (Å²) in [4.78, 5) is 17.2. The van der Waals surface area contributed by atoms with Gasteiger partial charge in [0.05, 0.1) is 6.04 Å². The van der Waals surface area contributed by atoms with E-state index in [1.165, 1.54) is 11.1 Å².